The predicted molar refractivity (Wildman–Crippen MR) is 100 cm³/mol. The number of piperidine rings is 1. The molecule has 3 heterocycles. The predicted octanol–water partition coefficient (Wildman–Crippen LogP) is 2.53. The van der Waals surface area contributed by atoms with E-state index in [4.69, 9.17) is 0 Å². The molecule has 1 fully saturated rings. The van der Waals surface area contributed by atoms with Crippen LogP contribution in [0.4, 0.5) is 0 Å². The molecular weight excluding hydrogens is 334 g/mol. The molecule has 0 aromatic carbocycles. The Hall–Kier alpha value is -1.73. The van der Waals surface area contributed by atoms with Crippen LogP contribution >= 0.6 is 11.3 Å². The molecule has 2 N–H and O–H groups in total. The Labute approximate surface area is 153 Å². The molecule has 25 heavy (non-hydrogen) atoms. The van der Waals surface area contributed by atoms with Crippen molar-refractivity contribution < 1.29 is 4.79 Å². The van der Waals surface area contributed by atoms with Crippen LogP contribution in [0.25, 0.3) is 0 Å². The van der Waals surface area contributed by atoms with Crippen LogP contribution in [0, 0.1) is 0 Å². The molecule has 0 radical (unpaired) electrons. The summed E-state index contributed by atoms with van der Waals surface area (Å²) in [6, 6.07) is 2.14. The molecule has 7 heteroatoms. The second-order valence-corrected chi connectivity index (χ2v) is 8.44. The molecule has 6 nitrogen and oxygen atoms in total. The van der Waals surface area contributed by atoms with Crippen molar-refractivity contribution >= 4 is 17.2 Å². The summed E-state index contributed by atoms with van der Waals surface area (Å²) in [5, 5.41) is 14.0. The van der Waals surface area contributed by atoms with Gasteiger partial charge in [-0.15, -0.1) is 11.3 Å². The van der Waals surface area contributed by atoms with Gasteiger partial charge in [0.1, 0.15) is 5.69 Å². The third kappa shape index (κ3) is 4.67. The van der Waals surface area contributed by atoms with Gasteiger partial charge in [-0.05, 0) is 25.5 Å². The van der Waals surface area contributed by atoms with E-state index in [-0.39, 0.29) is 11.3 Å². The molecule has 2 aromatic rings. The fourth-order valence-electron chi connectivity index (χ4n) is 2.88. The van der Waals surface area contributed by atoms with E-state index in [1.165, 1.54) is 0 Å². The number of carbonyl (C=O) groups is 1. The Morgan fingerprint density at radius 2 is 2.32 bits per heavy atom. The van der Waals surface area contributed by atoms with Crippen molar-refractivity contribution in [2.75, 3.05) is 19.6 Å². The molecule has 2 aromatic heterocycles. The lowest BCUT2D eigenvalue weighted by atomic mass is 9.98. The smallest absolute Gasteiger partial charge is 0.271 e. The molecule has 3 rings (SSSR count). The quantitative estimate of drug-likeness (QED) is 0.858. The number of amides is 1. The Morgan fingerprint density at radius 1 is 1.48 bits per heavy atom. The SMILES string of the molecule is CC(C)(C)c1nc(CCNC(=O)c2ccn(C3CCCNC3)n2)cs1. The summed E-state index contributed by atoms with van der Waals surface area (Å²) < 4.78 is 1.91. The lowest BCUT2D eigenvalue weighted by Gasteiger charge is -2.22. The highest BCUT2D eigenvalue weighted by Crippen LogP contribution is 2.25. The van der Waals surface area contributed by atoms with E-state index in [1.807, 2.05) is 10.9 Å². The first-order valence-corrected chi connectivity index (χ1v) is 9.80. The molecule has 1 saturated heterocycles. The van der Waals surface area contributed by atoms with Crippen LogP contribution < -0.4 is 10.6 Å². The number of hydrogen-bond donors (Lipinski definition) is 2. The first-order valence-electron chi connectivity index (χ1n) is 8.92. The number of carbonyl (C=O) groups excluding carboxylic acids is 1. The Kier molecular flexibility index (Phi) is 5.54. The molecule has 1 unspecified atom stereocenters. The van der Waals surface area contributed by atoms with Crippen LogP contribution in [-0.4, -0.2) is 40.3 Å². The van der Waals surface area contributed by atoms with Crippen molar-refractivity contribution in [1.29, 1.82) is 0 Å². The maximum atomic E-state index is 12.3. The van der Waals surface area contributed by atoms with Crippen LogP contribution in [-0.2, 0) is 11.8 Å². The van der Waals surface area contributed by atoms with Gasteiger partial charge in [0, 0.05) is 36.5 Å². The van der Waals surface area contributed by atoms with E-state index in [0.717, 1.165) is 43.1 Å². The van der Waals surface area contributed by atoms with E-state index in [2.05, 4.69) is 46.9 Å². The molecule has 0 aliphatic carbocycles. The van der Waals surface area contributed by atoms with E-state index >= 15 is 0 Å². The molecule has 1 atom stereocenters. The Morgan fingerprint density at radius 3 is 3.00 bits per heavy atom. The average molecular weight is 362 g/mol. The van der Waals surface area contributed by atoms with Gasteiger partial charge >= 0.3 is 0 Å². The van der Waals surface area contributed by atoms with Crippen LogP contribution in [0.1, 0.15) is 60.8 Å². The summed E-state index contributed by atoms with van der Waals surface area (Å²) in [5.74, 6) is -0.117. The highest BCUT2D eigenvalue weighted by Gasteiger charge is 2.19. The number of nitrogens with one attached hydrogen (secondary N) is 2. The van der Waals surface area contributed by atoms with Crippen molar-refractivity contribution in [2.24, 2.45) is 0 Å². The number of thiazole rings is 1. The second kappa shape index (κ2) is 7.66. The van der Waals surface area contributed by atoms with Crippen LogP contribution in [0.2, 0.25) is 0 Å². The van der Waals surface area contributed by atoms with Crippen molar-refractivity contribution in [1.82, 2.24) is 25.4 Å². The lowest BCUT2D eigenvalue weighted by Crippen LogP contribution is -2.32. The zero-order valence-electron chi connectivity index (χ0n) is 15.2. The molecule has 0 spiro atoms. The maximum absolute atomic E-state index is 12.3. The standard InChI is InChI=1S/C18H27N5OS/c1-18(2,3)17-21-13(12-25-17)6-9-20-16(24)15-7-10-23(22-15)14-5-4-8-19-11-14/h7,10,12,14,19H,4-6,8-9,11H2,1-3H3,(H,20,24). The first kappa shape index (κ1) is 18.1. The molecule has 0 bridgehead atoms. The van der Waals surface area contributed by atoms with E-state index < -0.39 is 0 Å². The summed E-state index contributed by atoms with van der Waals surface area (Å²) in [5.41, 5.74) is 1.60. The largest absolute Gasteiger partial charge is 0.350 e. The zero-order valence-corrected chi connectivity index (χ0v) is 16.0. The van der Waals surface area contributed by atoms with Crippen molar-refractivity contribution in [3.63, 3.8) is 0 Å². The normalized spacial score (nSPS) is 18.3. The van der Waals surface area contributed by atoms with Gasteiger partial charge < -0.3 is 10.6 Å². The van der Waals surface area contributed by atoms with Crippen molar-refractivity contribution in [2.45, 2.75) is 51.5 Å². The molecule has 1 amide bonds. The van der Waals surface area contributed by atoms with Crippen molar-refractivity contribution in [3.05, 3.63) is 34.0 Å². The molecular formula is C18H27N5OS. The fraction of sp³-hybridized carbons (Fsp3) is 0.611. The Bertz CT molecular complexity index is 709. The van der Waals surface area contributed by atoms with Crippen LogP contribution in [0.3, 0.4) is 0 Å². The maximum Gasteiger partial charge on any atom is 0.271 e. The van der Waals surface area contributed by atoms with Gasteiger partial charge in [-0.25, -0.2) is 4.98 Å². The summed E-state index contributed by atoms with van der Waals surface area (Å²) in [6.45, 7) is 9.05. The fourth-order valence-corrected chi connectivity index (χ4v) is 3.82. The summed E-state index contributed by atoms with van der Waals surface area (Å²) in [7, 11) is 0. The third-order valence-corrected chi connectivity index (χ3v) is 5.66. The van der Waals surface area contributed by atoms with Crippen LogP contribution in [0.15, 0.2) is 17.6 Å². The summed E-state index contributed by atoms with van der Waals surface area (Å²) in [4.78, 5) is 16.9. The molecule has 1 aliphatic rings. The van der Waals surface area contributed by atoms with E-state index in [9.17, 15) is 4.79 Å². The minimum Gasteiger partial charge on any atom is -0.350 e. The average Bonchev–Trinajstić information content (AvgIpc) is 3.25. The number of hydrogen-bond acceptors (Lipinski definition) is 5. The summed E-state index contributed by atoms with van der Waals surface area (Å²) in [6.07, 6.45) is 4.90. The Balaban J connectivity index is 1.49. The number of aromatic nitrogens is 3. The second-order valence-electron chi connectivity index (χ2n) is 7.58. The van der Waals surface area contributed by atoms with Gasteiger partial charge in [-0.3, -0.25) is 9.48 Å². The van der Waals surface area contributed by atoms with Gasteiger partial charge in [0.15, 0.2) is 0 Å². The number of rotatable bonds is 5. The van der Waals surface area contributed by atoms with Gasteiger partial charge in [0.05, 0.1) is 16.7 Å². The molecule has 1 aliphatic heterocycles. The zero-order chi connectivity index (χ0) is 17.9. The topological polar surface area (TPSA) is 71.8 Å². The van der Waals surface area contributed by atoms with Crippen LogP contribution in [0.5, 0.6) is 0 Å². The molecule has 0 saturated carbocycles. The minimum atomic E-state index is -0.117. The highest BCUT2D eigenvalue weighted by molar-refractivity contribution is 7.09. The van der Waals surface area contributed by atoms with E-state index in [1.54, 1.807) is 17.4 Å². The van der Waals surface area contributed by atoms with Gasteiger partial charge in [0.25, 0.3) is 5.91 Å². The van der Waals surface area contributed by atoms with Gasteiger partial charge in [-0.1, -0.05) is 20.8 Å². The first-order chi connectivity index (χ1) is 11.9. The summed E-state index contributed by atoms with van der Waals surface area (Å²) >= 11 is 1.69. The number of nitrogens with zero attached hydrogens (tertiary/aromatic N) is 3. The molecule has 136 valence electrons. The third-order valence-electron chi connectivity index (χ3n) is 4.35. The lowest BCUT2D eigenvalue weighted by molar-refractivity contribution is 0.0947. The van der Waals surface area contributed by atoms with Gasteiger partial charge in [0.2, 0.25) is 0 Å². The van der Waals surface area contributed by atoms with Crippen molar-refractivity contribution in [3.8, 4) is 0 Å². The van der Waals surface area contributed by atoms with Gasteiger partial charge in [-0.2, -0.15) is 5.10 Å². The minimum absolute atomic E-state index is 0.0764. The monoisotopic (exact) mass is 361 g/mol. The van der Waals surface area contributed by atoms with E-state index in [0.29, 0.717) is 18.3 Å². The highest BCUT2D eigenvalue weighted by atomic mass is 32.1.